The summed E-state index contributed by atoms with van der Waals surface area (Å²) in [6.07, 6.45) is 3.93. The minimum Gasteiger partial charge on any atom is -0.385 e. The Morgan fingerprint density at radius 1 is 1.53 bits per heavy atom. The first-order chi connectivity index (χ1) is 7.15. The standard InChI is InChI=1S/C12H15BrFN/c1-3-4-5-6-15-12-8-10(13)11(14)7-9(12)2/h3,7-8,15H,1,4-6H2,2H3. The van der Waals surface area contributed by atoms with E-state index in [4.69, 9.17) is 0 Å². The molecule has 0 aromatic heterocycles. The third-order valence-corrected chi connectivity index (χ3v) is 2.78. The largest absolute Gasteiger partial charge is 0.385 e. The van der Waals surface area contributed by atoms with Gasteiger partial charge in [-0.25, -0.2) is 4.39 Å². The van der Waals surface area contributed by atoms with Gasteiger partial charge in [0.1, 0.15) is 5.82 Å². The molecule has 0 unspecified atom stereocenters. The molecule has 0 spiro atoms. The molecule has 1 aromatic rings. The van der Waals surface area contributed by atoms with Gasteiger partial charge >= 0.3 is 0 Å². The van der Waals surface area contributed by atoms with Crippen molar-refractivity contribution in [3.05, 3.63) is 40.6 Å². The zero-order valence-electron chi connectivity index (χ0n) is 8.82. The van der Waals surface area contributed by atoms with E-state index in [9.17, 15) is 4.39 Å². The molecule has 1 nitrogen and oxygen atoms in total. The molecule has 0 radical (unpaired) electrons. The normalized spacial score (nSPS) is 10.1. The maximum absolute atomic E-state index is 13.1. The number of unbranched alkanes of at least 4 members (excludes halogenated alkanes) is 1. The number of nitrogens with one attached hydrogen (secondary N) is 1. The lowest BCUT2D eigenvalue weighted by molar-refractivity contribution is 0.620. The third kappa shape index (κ3) is 3.67. The van der Waals surface area contributed by atoms with Crippen LogP contribution in [0.1, 0.15) is 18.4 Å². The van der Waals surface area contributed by atoms with E-state index in [1.54, 1.807) is 6.07 Å². The van der Waals surface area contributed by atoms with E-state index in [1.807, 2.05) is 13.0 Å². The molecule has 0 fully saturated rings. The van der Waals surface area contributed by atoms with Crippen LogP contribution in [0.2, 0.25) is 0 Å². The fraction of sp³-hybridized carbons (Fsp3) is 0.333. The Balaban J connectivity index is 2.61. The van der Waals surface area contributed by atoms with Gasteiger partial charge in [-0.1, -0.05) is 6.08 Å². The summed E-state index contributed by atoms with van der Waals surface area (Å²) in [4.78, 5) is 0. The van der Waals surface area contributed by atoms with E-state index in [2.05, 4.69) is 27.8 Å². The van der Waals surface area contributed by atoms with Crippen molar-refractivity contribution in [2.75, 3.05) is 11.9 Å². The molecule has 1 aromatic carbocycles. The van der Waals surface area contributed by atoms with Gasteiger partial charge in [0, 0.05) is 12.2 Å². The molecule has 0 saturated heterocycles. The highest BCUT2D eigenvalue weighted by Gasteiger charge is 2.04. The molecule has 82 valence electrons. The molecule has 3 heteroatoms. The number of hydrogen-bond donors (Lipinski definition) is 1. The van der Waals surface area contributed by atoms with Gasteiger partial charge in [0.25, 0.3) is 0 Å². The average molecular weight is 272 g/mol. The molecule has 0 amide bonds. The summed E-state index contributed by atoms with van der Waals surface area (Å²) < 4.78 is 13.6. The van der Waals surface area contributed by atoms with Crippen LogP contribution in [0, 0.1) is 12.7 Å². The summed E-state index contributed by atoms with van der Waals surface area (Å²) in [6.45, 7) is 6.44. The van der Waals surface area contributed by atoms with Crippen molar-refractivity contribution in [1.29, 1.82) is 0 Å². The summed E-state index contributed by atoms with van der Waals surface area (Å²) >= 11 is 3.17. The molecule has 0 atom stereocenters. The fourth-order valence-corrected chi connectivity index (χ4v) is 1.65. The molecule has 0 aliphatic heterocycles. The van der Waals surface area contributed by atoms with Gasteiger partial charge in [0.15, 0.2) is 0 Å². The topological polar surface area (TPSA) is 12.0 Å². The third-order valence-electron chi connectivity index (χ3n) is 2.17. The van der Waals surface area contributed by atoms with Gasteiger partial charge in [0.05, 0.1) is 4.47 Å². The highest BCUT2D eigenvalue weighted by atomic mass is 79.9. The Morgan fingerprint density at radius 3 is 2.93 bits per heavy atom. The molecule has 0 aliphatic carbocycles. The van der Waals surface area contributed by atoms with Gasteiger partial charge < -0.3 is 5.32 Å². The van der Waals surface area contributed by atoms with Crippen molar-refractivity contribution in [2.24, 2.45) is 0 Å². The molecular weight excluding hydrogens is 257 g/mol. The van der Waals surface area contributed by atoms with Crippen LogP contribution in [0.5, 0.6) is 0 Å². The molecule has 1 rings (SSSR count). The van der Waals surface area contributed by atoms with Crippen molar-refractivity contribution in [1.82, 2.24) is 0 Å². The first-order valence-electron chi connectivity index (χ1n) is 4.95. The van der Waals surface area contributed by atoms with Crippen molar-refractivity contribution >= 4 is 21.6 Å². The second kappa shape index (κ2) is 5.91. The smallest absolute Gasteiger partial charge is 0.137 e. The van der Waals surface area contributed by atoms with E-state index >= 15 is 0 Å². The first-order valence-corrected chi connectivity index (χ1v) is 5.75. The summed E-state index contributed by atoms with van der Waals surface area (Å²) in [6, 6.07) is 3.30. The molecular formula is C12H15BrFN. The Bertz CT molecular complexity index is 350. The van der Waals surface area contributed by atoms with Crippen LogP contribution in [0.4, 0.5) is 10.1 Å². The number of benzene rings is 1. The molecule has 15 heavy (non-hydrogen) atoms. The zero-order chi connectivity index (χ0) is 11.3. The minimum absolute atomic E-state index is 0.218. The van der Waals surface area contributed by atoms with Gasteiger partial charge in [-0.3, -0.25) is 0 Å². The maximum atomic E-state index is 13.1. The number of aryl methyl sites for hydroxylation is 1. The van der Waals surface area contributed by atoms with Crippen molar-refractivity contribution in [2.45, 2.75) is 19.8 Å². The van der Waals surface area contributed by atoms with E-state index < -0.39 is 0 Å². The predicted molar refractivity (Wildman–Crippen MR) is 66.8 cm³/mol. The SMILES string of the molecule is C=CCCCNc1cc(Br)c(F)cc1C. The van der Waals surface area contributed by atoms with Crippen LogP contribution < -0.4 is 5.32 Å². The van der Waals surface area contributed by atoms with Gasteiger partial charge in [-0.15, -0.1) is 6.58 Å². The van der Waals surface area contributed by atoms with Crippen LogP contribution in [-0.4, -0.2) is 6.54 Å². The zero-order valence-corrected chi connectivity index (χ0v) is 10.4. The summed E-state index contributed by atoms with van der Waals surface area (Å²) in [5.74, 6) is -0.218. The van der Waals surface area contributed by atoms with Gasteiger partial charge in [-0.05, 0) is 53.4 Å². The van der Waals surface area contributed by atoms with Crippen molar-refractivity contribution < 1.29 is 4.39 Å². The second-order valence-corrected chi connectivity index (χ2v) is 4.29. The second-order valence-electron chi connectivity index (χ2n) is 3.44. The Kier molecular flexibility index (Phi) is 4.82. The van der Waals surface area contributed by atoms with Crippen molar-refractivity contribution in [3.8, 4) is 0 Å². The van der Waals surface area contributed by atoms with E-state index in [1.165, 1.54) is 6.07 Å². The summed E-state index contributed by atoms with van der Waals surface area (Å²) in [7, 11) is 0. The predicted octanol–water partition coefficient (Wildman–Crippen LogP) is 4.27. The molecule has 1 N–H and O–H groups in total. The molecule has 0 saturated carbocycles. The minimum atomic E-state index is -0.218. The first kappa shape index (κ1) is 12.2. The summed E-state index contributed by atoms with van der Waals surface area (Å²) in [5, 5.41) is 3.27. The van der Waals surface area contributed by atoms with Crippen LogP contribution in [0.15, 0.2) is 29.3 Å². The van der Waals surface area contributed by atoms with Gasteiger partial charge in [-0.2, -0.15) is 0 Å². The lowest BCUT2D eigenvalue weighted by Gasteiger charge is -2.09. The fourth-order valence-electron chi connectivity index (χ4n) is 1.31. The van der Waals surface area contributed by atoms with Crippen LogP contribution in [-0.2, 0) is 0 Å². The number of rotatable bonds is 5. The van der Waals surface area contributed by atoms with E-state index in [0.717, 1.165) is 30.6 Å². The average Bonchev–Trinajstić information content (AvgIpc) is 2.20. The molecule has 0 aliphatic rings. The van der Waals surface area contributed by atoms with Crippen molar-refractivity contribution in [3.63, 3.8) is 0 Å². The molecule has 0 bridgehead atoms. The molecule has 0 heterocycles. The monoisotopic (exact) mass is 271 g/mol. The number of halogens is 2. The number of hydrogen-bond acceptors (Lipinski definition) is 1. The quantitative estimate of drug-likeness (QED) is 0.623. The number of anilines is 1. The summed E-state index contributed by atoms with van der Waals surface area (Å²) in [5.41, 5.74) is 1.90. The number of allylic oxidation sites excluding steroid dienone is 1. The Labute approximate surface area is 98.5 Å². The van der Waals surface area contributed by atoms with Crippen LogP contribution >= 0.6 is 15.9 Å². The Morgan fingerprint density at radius 2 is 2.27 bits per heavy atom. The van der Waals surface area contributed by atoms with Gasteiger partial charge in [0.2, 0.25) is 0 Å². The van der Waals surface area contributed by atoms with Crippen LogP contribution in [0.3, 0.4) is 0 Å². The van der Waals surface area contributed by atoms with E-state index in [0.29, 0.717) is 4.47 Å². The van der Waals surface area contributed by atoms with E-state index in [-0.39, 0.29) is 5.82 Å². The Hall–Kier alpha value is -0.830. The lowest BCUT2D eigenvalue weighted by Crippen LogP contribution is -2.03. The maximum Gasteiger partial charge on any atom is 0.137 e. The van der Waals surface area contributed by atoms with Crippen LogP contribution in [0.25, 0.3) is 0 Å². The highest BCUT2D eigenvalue weighted by Crippen LogP contribution is 2.24. The highest BCUT2D eigenvalue weighted by molar-refractivity contribution is 9.10. The lowest BCUT2D eigenvalue weighted by atomic mass is 10.2.